The molecule has 0 aliphatic rings. The van der Waals surface area contributed by atoms with Crippen LogP contribution in [-0.4, -0.2) is 42.9 Å². The molecule has 2 N–H and O–H groups in total. The van der Waals surface area contributed by atoms with Crippen molar-refractivity contribution in [3.63, 3.8) is 0 Å². The zero-order valence-electron chi connectivity index (χ0n) is 17.7. The fourth-order valence-corrected chi connectivity index (χ4v) is 4.47. The summed E-state index contributed by atoms with van der Waals surface area (Å²) in [6, 6.07) is 10.7. The highest BCUT2D eigenvalue weighted by Gasteiger charge is 2.20. The van der Waals surface area contributed by atoms with E-state index in [9.17, 15) is 12.8 Å². The Hall–Kier alpha value is -2.55. The second-order valence-electron chi connectivity index (χ2n) is 7.47. The number of halogens is 1. The minimum Gasteiger partial charge on any atom is -0.336 e. The van der Waals surface area contributed by atoms with Crippen molar-refractivity contribution in [3.05, 3.63) is 70.8 Å². The second kappa shape index (κ2) is 8.67. The van der Waals surface area contributed by atoms with E-state index in [1.807, 2.05) is 36.6 Å². The van der Waals surface area contributed by atoms with Gasteiger partial charge in [-0.05, 0) is 49.8 Å². The average Bonchev–Trinajstić information content (AvgIpc) is 2.93. The van der Waals surface area contributed by atoms with Gasteiger partial charge in [0.1, 0.15) is 5.83 Å². The molecule has 2 heterocycles. The highest BCUT2D eigenvalue weighted by molar-refractivity contribution is 7.89. The molecule has 0 atom stereocenters. The number of aromatic nitrogens is 2. The van der Waals surface area contributed by atoms with Crippen LogP contribution in [0.4, 0.5) is 4.39 Å². The average molecular weight is 431 g/mol. The number of allylic oxidation sites excluding steroid dienone is 1. The number of aryl methyl sites for hydroxylation is 1. The maximum absolute atomic E-state index is 14.2. The molecule has 0 radical (unpaired) electrons. The molecule has 0 amide bonds. The van der Waals surface area contributed by atoms with Gasteiger partial charge < -0.3 is 10.3 Å². The van der Waals surface area contributed by atoms with Gasteiger partial charge >= 0.3 is 0 Å². The van der Waals surface area contributed by atoms with E-state index in [2.05, 4.69) is 0 Å². The number of fused-ring (bicyclic) bond motifs is 1. The first kappa shape index (κ1) is 22.1. The van der Waals surface area contributed by atoms with Crippen LogP contribution in [0.15, 0.2) is 53.2 Å². The first-order valence-corrected chi connectivity index (χ1v) is 11.1. The molecule has 6 nitrogen and oxygen atoms in total. The summed E-state index contributed by atoms with van der Waals surface area (Å²) in [5, 5.41) is 0. The number of hydrogen-bond acceptors (Lipinski definition) is 4. The molecule has 3 rings (SSSR count). The summed E-state index contributed by atoms with van der Waals surface area (Å²) in [5.74, 6) is -0.302. The summed E-state index contributed by atoms with van der Waals surface area (Å²) in [6.45, 7) is 4.07. The van der Waals surface area contributed by atoms with Gasteiger partial charge in [0.25, 0.3) is 0 Å². The summed E-state index contributed by atoms with van der Waals surface area (Å²) < 4.78 is 42.3. The van der Waals surface area contributed by atoms with Gasteiger partial charge in [0.15, 0.2) is 0 Å². The molecule has 0 saturated carbocycles. The summed E-state index contributed by atoms with van der Waals surface area (Å²) in [7, 11) is -0.505. The number of nitrogens with zero attached hydrogens (tertiary/aromatic N) is 3. The molecule has 8 heteroatoms. The quantitative estimate of drug-likeness (QED) is 0.624. The largest absolute Gasteiger partial charge is 0.336 e. The van der Waals surface area contributed by atoms with Crippen LogP contribution < -0.4 is 5.73 Å². The van der Waals surface area contributed by atoms with Gasteiger partial charge in [-0.3, -0.25) is 4.98 Å². The maximum Gasteiger partial charge on any atom is 0.242 e. The zero-order chi connectivity index (χ0) is 22.1. The van der Waals surface area contributed by atoms with Crippen molar-refractivity contribution in [3.8, 4) is 0 Å². The molecule has 3 aromatic rings. The summed E-state index contributed by atoms with van der Waals surface area (Å²) in [5.41, 5.74) is 10.6. The molecule has 0 fully saturated rings. The Kier molecular flexibility index (Phi) is 6.40. The highest BCUT2D eigenvalue weighted by Crippen LogP contribution is 2.29. The summed E-state index contributed by atoms with van der Waals surface area (Å²) in [4.78, 5) is 4.94. The summed E-state index contributed by atoms with van der Waals surface area (Å²) >= 11 is 0. The Bertz CT molecular complexity index is 1210. The number of sulfonamides is 1. The van der Waals surface area contributed by atoms with E-state index in [1.54, 1.807) is 18.2 Å². The second-order valence-corrected chi connectivity index (χ2v) is 9.62. The Balaban J connectivity index is 2.10. The standard InChI is InChI=1S/C22H27FN4O2S/c1-15-8-9-21-22(25-15)20(16(2)27(21)14-18(23)10-11-24)13-17-6-5-7-19(12-17)30(28,29)26(3)4/h5-10,12H,11,13-14,24H2,1-4H3. The van der Waals surface area contributed by atoms with Crippen molar-refractivity contribution in [1.82, 2.24) is 13.9 Å². The molecule has 0 spiro atoms. The molecule has 0 unspecified atom stereocenters. The Morgan fingerprint density at radius 3 is 2.63 bits per heavy atom. The smallest absolute Gasteiger partial charge is 0.242 e. The van der Waals surface area contributed by atoms with Gasteiger partial charge in [-0.15, -0.1) is 0 Å². The lowest BCUT2D eigenvalue weighted by Gasteiger charge is -2.12. The molecule has 1 aromatic carbocycles. The normalized spacial score (nSPS) is 12.8. The third-order valence-corrected chi connectivity index (χ3v) is 6.95. The van der Waals surface area contributed by atoms with Gasteiger partial charge in [0.2, 0.25) is 10.0 Å². The Labute approximate surface area is 176 Å². The van der Waals surface area contributed by atoms with Crippen LogP contribution in [0.3, 0.4) is 0 Å². The fourth-order valence-electron chi connectivity index (χ4n) is 3.49. The van der Waals surface area contributed by atoms with Crippen molar-refractivity contribution in [2.24, 2.45) is 5.73 Å². The number of rotatable bonds is 7. The van der Waals surface area contributed by atoms with Crippen molar-refractivity contribution in [2.45, 2.75) is 31.7 Å². The summed E-state index contributed by atoms with van der Waals surface area (Å²) in [6.07, 6.45) is 1.85. The molecule has 0 aliphatic carbocycles. The minimum atomic E-state index is -3.52. The van der Waals surface area contributed by atoms with E-state index in [0.717, 1.165) is 33.5 Å². The van der Waals surface area contributed by atoms with Crippen LogP contribution in [0, 0.1) is 13.8 Å². The molecule has 2 aromatic heterocycles. The Morgan fingerprint density at radius 1 is 1.23 bits per heavy atom. The molecule has 30 heavy (non-hydrogen) atoms. The van der Waals surface area contributed by atoms with Crippen molar-refractivity contribution < 1.29 is 12.8 Å². The molecule has 0 saturated heterocycles. The third kappa shape index (κ3) is 4.30. The lowest BCUT2D eigenvalue weighted by molar-refractivity contribution is 0.520. The number of pyridine rings is 1. The van der Waals surface area contributed by atoms with Gasteiger partial charge in [-0.1, -0.05) is 12.1 Å². The first-order valence-electron chi connectivity index (χ1n) is 9.66. The number of nitrogens with two attached hydrogens (primary N) is 1. The van der Waals surface area contributed by atoms with Crippen LogP contribution in [0.5, 0.6) is 0 Å². The molecule has 0 bridgehead atoms. The zero-order valence-corrected chi connectivity index (χ0v) is 18.5. The van der Waals surface area contributed by atoms with E-state index < -0.39 is 10.0 Å². The highest BCUT2D eigenvalue weighted by atomic mass is 32.2. The van der Waals surface area contributed by atoms with Gasteiger partial charge in [0.05, 0.1) is 22.5 Å². The molecule has 160 valence electrons. The van der Waals surface area contributed by atoms with Crippen molar-refractivity contribution in [1.29, 1.82) is 0 Å². The SMILES string of the molecule is Cc1ccc2c(n1)c(Cc1cccc(S(=O)(=O)N(C)C)c1)c(C)n2CC(F)=CCN. The monoisotopic (exact) mass is 430 g/mol. The fraction of sp³-hybridized carbons (Fsp3) is 0.318. The Morgan fingerprint density at radius 2 is 1.97 bits per heavy atom. The van der Waals surface area contributed by atoms with E-state index in [-0.39, 0.29) is 23.8 Å². The van der Waals surface area contributed by atoms with Gasteiger partial charge in [-0.2, -0.15) is 0 Å². The van der Waals surface area contributed by atoms with Crippen LogP contribution in [0.25, 0.3) is 11.0 Å². The van der Waals surface area contributed by atoms with Gasteiger partial charge in [-0.25, -0.2) is 17.1 Å². The number of hydrogen-bond donors (Lipinski definition) is 1. The van der Waals surface area contributed by atoms with Crippen LogP contribution in [0.2, 0.25) is 0 Å². The maximum atomic E-state index is 14.2. The van der Waals surface area contributed by atoms with E-state index in [4.69, 9.17) is 10.7 Å². The third-order valence-electron chi connectivity index (χ3n) is 5.14. The van der Waals surface area contributed by atoms with E-state index in [0.29, 0.717) is 6.42 Å². The number of benzene rings is 1. The predicted octanol–water partition coefficient (Wildman–Crippen LogP) is 3.31. The predicted molar refractivity (Wildman–Crippen MR) is 118 cm³/mol. The molecule has 0 aliphatic heterocycles. The van der Waals surface area contributed by atoms with E-state index in [1.165, 1.54) is 24.5 Å². The lowest BCUT2D eigenvalue weighted by Crippen LogP contribution is -2.22. The first-order chi connectivity index (χ1) is 14.1. The van der Waals surface area contributed by atoms with E-state index >= 15 is 0 Å². The van der Waals surface area contributed by atoms with Crippen molar-refractivity contribution in [2.75, 3.05) is 20.6 Å². The van der Waals surface area contributed by atoms with Crippen molar-refractivity contribution >= 4 is 21.1 Å². The van der Waals surface area contributed by atoms with Gasteiger partial charge in [0, 0.05) is 44.0 Å². The minimum absolute atomic E-state index is 0.0827. The molecular formula is C22H27FN4O2S. The lowest BCUT2D eigenvalue weighted by atomic mass is 10.0. The molecular weight excluding hydrogens is 403 g/mol. The van der Waals surface area contributed by atoms with Crippen LogP contribution in [0.1, 0.15) is 22.5 Å². The van der Waals surface area contributed by atoms with Crippen LogP contribution >= 0.6 is 0 Å². The topological polar surface area (TPSA) is 81.2 Å². The van der Waals surface area contributed by atoms with Crippen LogP contribution in [-0.2, 0) is 23.0 Å².